The Labute approximate surface area is 105 Å². The van der Waals surface area contributed by atoms with Gasteiger partial charge in [-0.3, -0.25) is 4.79 Å². The Morgan fingerprint density at radius 3 is 2.65 bits per heavy atom. The zero-order chi connectivity index (χ0) is 12.3. The summed E-state index contributed by atoms with van der Waals surface area (Å²) < 4.78 is 0. The smallest absolute Gasteiger partial charge is 0.226 e. The summed E-state index contributed by atoms with van der Waals surface area (Å²) in [5.41, 5.74) is 5.62. The summed E-state index contributed by atoms with van der Waals surface area (Å²) >= 11 is 0. The highest BCUT2D eigenvalue weighted by Gasteiger charge is 2.44. The number of carbonyl (C=O) groups is 1. The lowest BCUT2D eigenvalue weighted by molar-refractivity contribution is -0.137. The van der Waals surface area contributed by atoms with Gasteiger partial charge in [0.1, 0.15) is 0 Å². The lowest BCUT2D eigenvalue weighted by Gasteiger charge is -2.29. The van der Waals surface area contributed by atoms with Crippen LogP contribution < -0.4 is 5.73 Å². The molecule has 0 heterocycles. The number of nitrogens with two attached hydrogens (primary N) is 1. The van der Waals surface area contributed by atoms with Gasteiger partial charge in [-0.15, -0.1) is 0 Å². The first kappa shape index (κ1) is 12.9. The summed E-state index contributed by atoms with van der Waals surface area (Å²) in [5, 5.41) is 0. The lowest BCUT2D eigenvalue weighted by Crippen LogP contribution is -2.41. The van der Waals surface area contributed by atoms with Crippen LogP contribution in [0.3, 0.4) is 0 Å². The molecule has 0 aromatic carbocycles. The summed E-state index contributed by atoms with van der Waals surface area (Å²) in [6.45, 7) is 4.41. The largest absolute Gasteiger partial charge is 0.341 e. The topological polar surface area (TPSA) is 46.3 Å². The van der Waals surface area contributed by atoms with E-state index in [1.54, 1.807) is 0 Å². The monoisotopic (exact) mass is 238 g/mol. The fourth-order valence-corrected chi connectivity index (χ4v) is 3.62. The SMILES string of the molecule is CCCCN(CCN)C(=O)C1CC2CCC1C2. The molecule has 0 aliphatic heterocycles. The number of hydrogen-bond acceptors (Lipinski definition) is 2. The van der Waals surface area contributed by atoms with Crippen LogP contribution in [0.1, 0.15) is 45.4 Å². The first-order valence-electron chi connectivity index (χ1n) is 7.25. The molecule has 2 aliphatic rings. The molecular weight excluding hydrogens is 212 g/mol. The van der Waals surface area contributed by atoms with Crippen LogP contribution in [-0.2, 0) is 4.79 Å². The van der Waals surface area contributed by atoms with Crippen LogP contribution in [0.4, 0.5) is 0 Å². The zero-order valence-electron chi connectivity index (χ0n) is 11.0. The maximum atomic E-state index is 12.5. The van der Waals surface area contributed by atoms with Crippen molar-refractivity contribution < 1.29 is 4.79 Å². The van der Waals surface area contributed by atoms with Gasteiger partial charge in [0, 0.05) is 25.6 Å². The van der Waals surface area contributed by atoms with Crippen LogP contribution in [0.15, 0.2) is 0 Å². The van der Waals surface area contributed by atoms with E-state index in [0.717, 1.165) is 38.3 Å². The Balaban J connectivity index is 1.91. The van der Waals surface area contributed by atoms with Crippen molar-refractivity contribution in [1.29, 1.82) is 0 Å². The van der Waals surface area contributed by atoms with Crippen LogP contribution in [0.5, 0.6) is 0 Å². The molecule has 17 heavy (non-hydrogen) atoms. The second-order valence-electron chi connectivity index (χ2n) is 5.75. The highest BCUT2D eigenvalue weighted by atomic mass is 16.2. The molecule has 0 spiro atoms. The van der Waals surface area contributed by atoms with Gasteiger partial charge >= 0.3 is 0 Å². The van der Waals surface area contributed by atoms with Gasteiger partial charge in [0.2, 0.25) is 5.91 Å². The van der Waals surface area contributed by atoms with Crippen LogP contribution in [0.2, 0.25) is 0 Å². The Hall–Kier alpha value is -0.570. The molecule has 3 nitrogen and oxygen atoms in total. The molecule has 2 aliphatic carbocycles. The molecule has 2 rings (SSSR count). The Morgan fingerprint density at radius 2 is 2.12 bits per heavy atom. The minimum atomic E-state index is 0.331. The van der Waals surface area contributed by atoms with E-state index >= 15 is 0 Å². The molecule has 98 valence electrons. The number of fused-ring (bicyclic) bond motifs is 2. The number of hydrogen-bond donors (Lipinski definition) is 1. The predicted molar refractivity (Wildman–Crippen MR) is 69.5 cm³/mol. The third-order valence-corrected chi connectivity index (χ3v) is 4.55. The van der Waals surface area contributed by atoms with Crippen molar-refractivity contribution in [2.24, 2.45) is 23.5 Å². The van der Waals surface area contributed by atoms with Gasteiger partial charge in [-0.2, -0.15) is 0 Å². The van der Waals surface area contributed by atoms with E-state index < -0.39 is 0 Å². The van der Waals surface area contributed by atoms with E-state index in [0.29, 0.717) is 24.3 Å². The fraction of sp³-hybridized carbons (Fsp3) is 0.929. The zero-order valence-corrected chi connectivity index (χ0v) is 11.0. The van der Waals surface area contributed by atoms with Gasteiger partial charge in [0.25, 0.3) is 0 Å². The molecule has 3 atom stereocenters. The first-order valence-corrected chi connectivity index (χ1v) is 7.25. The molecule has 1 amide bonds. The molecule has 2 bridgehead atoms. The van der Waals surface area contributed by atoms with E-state index in [4.69, 9.17) is 5.73 Å². The van der Waals surface area contributed by atoms with Crippen LogP contribution >= 0.6 is 0 Å². The van der Waals surface area contributed by atoms with E-state index in [1.807, 2.05) is 4.90 Å². The molecule has 0 aromatic rings. The summed E-state index contributed by atoms with van der Waals surface area (Å²) in [5.74, 6) is 2.27. The molecule has 3 unspecified atom stereocenters. The van der Waals surface area contributed by atoms with Crippen molar-refractivity contribution >= 4 is 5.91 Å². The van der Waals surface area contributed by atoms with Crippen LogP contribution in [0.25, 0.3) is 0 Å². The molecule has 2 N–H and O–H groups in total. The van der Waals surface area contributed by atoms with Crippen molar-refractivity contribution in [3.8, 4) is 0 Å². The Bertz CT molecular complexity index is 267. The average Bonchev–Trinajstić information content (AvgIpc) is 2.95. The number of nitrogens with zero attached hydrogens (tertiary/aromatic N) is 1. The van der Waals surface area contributed by atoms with Crippen molar-refractivity contribution in [1.82, 2.24) is 4.90 Å². The summed E-state index contributed by atoms with van der Waals surface area (Å²) in [6.07, 6.45) is 7.35. The van der Waals surface area contributed by atoms with Gasteiger partial charge in [-0.25, -0.2) is 0 Å². The molecule has 2 fully saturated rings. The quantitative estimate of drug-likeness (QED) is 0.769. The maximum Gasteiger partial charge on any atom is 0.226 e. The van der Waals surface area contributed by atoms with Gasteiger partial charge in [0.15, 0.2) is 0 Å². The molecule has 0 saturated heterocycles. The Morgan fingerprint density at radius 1 is 1.29 bits per heavy atom. The van der Waals surface area contributed by atoms with E-state index in [-0.39, 0.29) is 0 Å². The number of amides is 1. The minimum absolute atomic E-state index is 0.331. The first-order chi connectivity index (χ1) is 8.26. The minimum Gasteiger partial charge on any atom is -0.341 e. The molecule has 2 saturated carbocycles. The summed E-state index contributed by atoms with van der Waals surface area (Å²) in [7, 11) is 0. The normalized spacial score (nSPS) is 30.8. The van der Waals surface area contributed by atoms with E-state index in [9.17, 15) is 4.79 Å². The van der Waals surface area contributed by atoms with Gasteiger partial charge in [-0.1, -0.05) is 19.8 Å². The van der Waals surface area contributed by atoms with Crippen molar-refractivity contribution in [3.63, 3.8) is 0 Å². The average molecular weight is 238 g/mol. The molecule has 0 aromatic heterocycles. The molecule has 0 radical (unpaired) electrons. The summed E-state index contributed by atoms with van der Waals surface area (Å²) in [4.78, 5) is 14.5. The third-order valence-electron chi connectivity index (χ3n) is 4.55. The fourth-order valence-electron chi connectivity index (χ4n) is 3.62. The highest BCUT2D eigenvalue weighted by Crippen LogP contribution is 2.48. The van der Waals surface area contributed by atoms with Gasteiger partial charge in [0.05, 0.1) is 0 Å². The van der Waals surface area contributed by atoms with Crippen LogP contribution in [0, 0.1) is 17.8 Å². The molecule has 3 heteroatoms. The lowest BCUT2D eigenvalue weighted by atomic mass is 9.87. The molecular formula is C14H26N2O. The number of rotatable bonds is 6. The van der Waals surface area contributed by atoms with E-state index in [1.165, 1.54) is 19.3 Å². The van der Waals surface area contributed by atoms with Crippen molar-refractivity contribution in [3.05, 3.63) is 0 Å². The standard InChI is InChI=1S/C14H26N2O/c1-2-3-7-16(8-6-15)14(17)13-10-11-4-5-12(13)9-11/h11-13H,2-10,15H2,1H3. The second-order valence-corrected chi connectivity index (χ2v) is 5.75. The highest BCUT2D eigenvalue weighted by molar-refractivity contribution is 5.79. The maximum absolute atomic E-state index is 12.5. The number of carbonyl (C=O) groups excluding carboxylic acids is 1. The third kappa shape index (κ3) is 2.82. The van der Waals surface area contributed by atoms with Crippen LogP contribution in [-0.4, -0.2) is 30.4 Å². The second kappa shape index (κ2) is 5.85. The Kier molecular flexibility index (Phi) is 4.43. The summed E-state index contributed by atoms with van der Waals surface area (Å²) in [6, 6.07) is 0. The van der Waals surface area contributed by atoms with Gasteiger partial charge < -0.3 is 10.6 Å². The van der Waals surface area contributed by atoms with Gasteiger partial charge in [-0.05, 0) is 37.5 Å². The van der Waals surface area contributed by atoms with E-state index in [2.05, 4.69) is 6.92 Å². The van der Waals surface area contributed by atoms with Crippen molar-refractivity contribution in [2.75, 3.05) is 19.6 Å². The predicted octanol–water partition coefficient (Wildman–Crippen LogP) is 2.01. The van der Waals surface area contributed by atoms with Crippen molar-refractivity contribution in [2.45, 2.75) is 45.4 Å². The number of unbranched alkanes of at least 4 members (excludes halogenated alkanes) is 1.